The van der Waals surface area contributed by atoms with Crippen molar-refractivity contribution in [3.8, 4) is 0 Å². The second kappa shape index (κ2) is 6.37. The summed E-state index contributed by atoms with van der Waals surface area (Å²) in [5.41, 5.74) is 1.50. The molecule has 0 amide bonds. The maximum absolute atomic E-state index is 11.1. The Morgan fingerprint density at radius 2 is 2.00 bits per heavy atom. The van der Waals surface area contributed by atoms with Gasteiger partial charge in [-0.3, -0.25) is 4.79 Å². The molecule has 0 fully saturated rings. The number of aliphatic hydroxyl groups excluding tert-OH is 2. The third kappa shape index (κ3) is 3.54. The van der Waals surface area contributed by atoms with Gasteiger partial charge in [-0.15, -0.1) is 0 Å². The number of hydrogen-bond donors (Lipinski definition) is 3. The van der Waals surface area contributed by atoms with E-state index in [1.807, 2.05) is 6.92 Å². The molecule has 17 heavy (non-hydrogen) atoms. The number of aliphatic hydroxyl groups is 2. The lowest BCUT2D eigenvalue weighted by molar-refractivity contribution is -0.138. The summed E-state index contributed by atoms with van der Waals surface area (Å²) >= 11 is 0. The number of carbonyl (C=O) groups is 1. The molecule has 94 valence electrons. The fourth-order valence-corrected chi connectivity index (χ4v) is 1.91. The highest BCUT2D eigenvalue weighted by Crippen LogP contribution is 2.24. The molecule has 2 unspecified atom stereocenters. The molecule has 1 rings (SSSR count). The number of carboxylic acids is 1. The van der Waals surface area contributed by atoms with Crippen LogP contribution >= 0.6 is 0 Å². The Bertz CT molecular complexity index is 375. The fourth-order valence-electron chi connectivity index (χ4n) is 1.91. The molecule has 0 saturated carbocycles. The second-order valence-electron chi connectivity index (χ2n) is 4.04. The zero-order valence-corrected chi connectivity index (χ0v) is 9.84. The minimum atomic E-state index is -0.863. The topological polar surface area (TPSA) is 77.8 Å². The van der Waals surface area contributed by atoms with Gasteiger partial charge in [0.05, 0.1) is 18.6 Å². The lowest BCUT2D eigenvalue weighted by Gasteiger charge is -2.16. The lowest BCUT2D eigenvalue weighted by Crippen LogP contribution is -2.19. The van der Waals surface area contributed by atoms with Crippen molar-refractivity contribution in [2.75, 3.05) is 6.61 Å². The summed E-state index contributed by atoms with van der Waals surface area (Å²) < 4.78 is 0. The summed E-state index contributed by atoms with van der Waals surface area (Å²) in [4.78, 5) is 11.1. The number of rotatable bonds is 6. The van der Waals surface area contributed by atoms with Gasteiger partial charge in [0.15, 0.2) is 0 Å². The Morgan fingerprint density at radius 1 is 1.35 bits per heavy atom. The van der Waals surface area contributed by atoms with Gasteiger partial charge >= 0.3 is 5.97 Å². The molecule has 0 heterocycles. The highest BCUT2D eigenvalue weighted by molar-refractivity contribution is 5.76. The van der Waals surface area contributed by atoms with Crippen molar-refractivity contribution in [1.29, 1.82) is 0 Å². The van der Waals surface area contributed by atoms with E-state index >= 15 is 0 Å². The van der Waals surface area contributed by atoms with Gasteiger partial charge in [-0.2, -0.15) is 0 Å². The average Bonchev–Trinajstić information content (AvgIpc) is 2.31. The molecule has 0 bridgehead atoms. The van der Waals surface area contributed by atoms with Gasteiger partial charge in [0.25, 0.3) is 0 Å². The Morgan fingerprint density at radius 3 is 2.53 bits per heavy atom. The van der Waals surface area contributed by atoms with E-state index in [1.54, 1.807) is 24.3 Å². The summed E-state index contributed by atoms with van der Waals surface area (Å²) in [6.45, 7) is 1.50. The lowest BCUT2D eigenvalue weighted by atomic mass is 9.90. The van der Waals surface area contributed by atoms with Gasteiger partial charge in [-0.1, -0.05) is 31.2 Å². The maximum Gasteiger partial charge on any atom is 0.310 e. The van der Waals surface area contributed by atoms with Crippen LogP contribution in [0.3, 0.4) is 0 Å². The standard InChI is InChI=1S/C13H18O4/c1-2-11(13(16)17)12-6-4-3-5-9(12)7-10(15)8-14/h3-6,10-11,14-15H,2,7-8H2,1H3,(H,16,17). The van der Waals surface area contributed by atoms with Gasteiger partial charge in [-0.25, -0.2) is 0 Å². The normalized spacial score (nSPS) is 14.3. The maximum atomic E-state index is 11.1. The van der Waals surface area contributed by atoms with Crippen molar-refractivity contribution in [1.82, 2.24) is 0 Å². The van der Waals surface area contributed by atoms with Gasteiger partial charge in [0, 0.05) is 6.42 Å². The van der Waals surface area contributed by atoms with Crippen LogP contribution in [0.4, 0.5) is 0 Å². The first-order valence-corrected chi connectivity index (χ1v) is 5.69. The quantitative estimate of drug-likeness (QED) is 0.695. The third-order valence-corrected chi connectivity index (χ3v) is 2.80. The summed E-state index contributed by atoms with van der Waals surface area (Å²) in [7, 11) is 0. The molecular formula is C13H18O4. The van der Waals surface area contributed by atoms with Crippen LogP contribution in [0, 0.1) is 0 Å². The zero-order valence-electron chi connectivity index (χ0n) is 9.84. The molecule has 0 aromatic heterocycles. The first-order chi connectivity index (χ1) is 8.10. The molecule has 0 aliphatic carbocycles. The van der Waals surface area contributed by atoms with Crippen molar-refractivity contribution < 1.29 is 20.1 Å². The van der Waals surface area contributed by atoms with Crippen LogP contribution in [0.1, 0.15) is 30.4 Å². The van der Waals surface area contributed by atoms with E-state index in [2.05, 4.69) is 0 Å². The minimum Gasteiger partial charge on any atom is -0.481 e. The molecule has 0 spiro atoms. The van der Waals surface area contributed by atoms with Crippen molar-refractivity contribution in [3.05, 3.63) is 35.4 Å². The molecular weight excluding hydrogens is 220 g/mol. The fraction of sp³-hybridized carbons (Fsp3) is 0.462. The Labute approximate surface area is 101 Å². The molecule has 3 N–H and O–H groups in total. The highest BCUT2D eigenvalue weighted by atomic mass is 16.4. The molecule has 0 aliphatic rings. The van der Waals surface area contributed by atoms with E-state index < -0.39 is 18.0 Å². The summed E-state index contributed by atoms with van der Waals surface area (Å²) in [6.07, 6.45) is -0.0691. The number of hydrogen-bond acceptors (Lipinski definition) is 3. The molecule has 2 atom stereocenters. The second-order valence-corrected chi connectivity index (χ2v) is 4.04. The number of aliphatic carboxylic acids is 1. The molecule has 4 heteroatoms. The largest absolute Gasteiger partial charge is 0.481 e. The van der Waals surface area contributed by atoms with Crippen molar-refractivity contribution in [2.45, 2.75) is 31.8 Å². The van der Waals surface area contributed by atoms with E-state index in [0.717, 1.165) is 11.1 Å². The summed E-state index contributed by atoms with van der Waals surface area (Å²) in [5, 5.41) is 27.4. The smallest absolute Gasteiger partial charge is 0.310 e. The highest BCUT2D eigenvalue weighted by Gasteiger charge is 2.21. The van der Waals surface area contributed by atoms with Crippen LogP contribution in [0.2, 0.25) is 0 Å². The predicted octanol–water partition coefficient (Wildman–Crippen LogP) is 1.16. The van der Waals surface area contributed by atoms with Gasteiger partial charge in [0.2, 0.25) is 0 Å². The molecule has 0 aliphatic heterocycles. The van der Waals surface area contributed by atoms with Crippen LogP contribution in [-0.4, -0.2) is 34.0 Å². The molecule has 0 radical (unpaired) electrons. The Hall–Kier alpha value is -1.39. The van der Waals surface area contributed by atoms with Crippen molar-refractivity contribution in [3.63, 3.8) is 0 Å². The Balaban J connectivity index is 3.01. The predicted molar refractivity (Wildman–Crippen MR) is 63.9 cm³/mol. The first kappa shape index (κ1) is 13.7. The molecule has 4 nitrogen and oxygen atoms in total. The van der Waals surface area contributed by atoms with Crippen LogP contribution < -0.4 is 0 Å². The SMILES string of the molecule is CCC(C(=O)O)c1ccccc1CC(O)CO. The molecule has 0 saturated heterocycles. The van der Waals surface area contributed by atoms with Crippen molar-refractivity contribution in [2.24, 2.45) is 0 Å². The first-order valence-electron chi connectivity index (χ1n) is 5.69. The number of benzene rings is 1. The minimum absolute atomic E-state index is 0.274. The molecule has 1 aromatic carbocycles. The summed E-state index contributed by atoms with van der Waals surface area (Å²) in [6, 6.07) is 7.15. The Kier molecular flexibility index (Phi) is 5.12. The van der Waals surface area contributed by atoms with E-state index in [0.29, 0.717) is 6.42 Å². The van der Waals surface area contributed by atoms with Crippen LogP contribution in [0.25, 0.3) is 0 Å². The van der Waals surface area contributed by atoms with Crippen LogP contribution in [-0.2, 0) is 11.2 Å². The summed E-state index contributed by atoms with van der Waals surface area (Å²) in [5.74, 6) is -1.42. The number of carboxylic acid groups (broad SMARTS) is 1. The van der Waals surface area contributed by atoms with Crippen LogP contribution in [0.5, 0.6) is 0 Å². The van der Waals surface area contributed by atoms with Crippen LogP contribution in [0.15, 0.2) is 24.3 Å². The van der Waals surface area contributed by atoms with Gasteiger partial charge in [0.1, 0.15) is 0 Å². The zero-order chi connectivity index (χ0) is 12.8. The van der Waals surface area contributed by atoms with E-state index in [-0.39, 0.29) is 13.0 Å². The monoisotopic (exact) mass is 238 g/mol. The van der Waals surface area contributed by atoms with Gasteiger partial charge in [-0.05, 0) is 17.5 Å². The van der Waals surface area contributed by atoms with E-state index in [4.69, 9.17) is 10.2 Å². The van der Waals surface area contributed by atoms with Crippen molar-refractivity contribution >= 4 is 5.97 Å². The van der Waals surface area contributed by atoms with E-state index in [1.165, 1.54) is 0 Å². The van der Waals surface area contributed by atoms with Gasteiger partial charge < -0.3 is 15.3 Å². The van der Waals surface area contributed by atoms with E-state index in [9.17, 15) is 9.90 Å². The molecule has 1 aromatic rings. The third-order valence-electron chi connectivity index (χ3n) is 2.80. The average molecular weight is 238 g/mol.